The summed E-state index contributed by atoms with van der Waals surface area (Å²) in [6.07, 6.45) is -0.689. The first-order chi connectivity index (χ1) is 12.6. The van der Waals surface area contributed by atoms with Crippen LogP contribution in [0.1, 0.15) is 11.1 Å². The number of aliphatic carboxylic acids is 1. The third-order valence-corrected chi connectivity index (χ3v) is 3.77. The third-order valence-electron chi connectivity index (χ3n) is 3.77. The van der Waals surface area contributed by atoms with E-state index >= 15 is 0 Å². The summed E-state index contributed by atoms with van der Waals surface area (Å²) < 4.78 is 16.2. The van der Waals surface area contributed by atoms with Crippen LogP contribution in [-0.2, 0) is 22.7 Å². The van der Waals surface area contributed by atoms with E-state index in [1.54, 1.807) is 18.2 Å². The van der Waals surface area contributed by atoms with Gasteiger partial charge in [-0.1, -0.05) is 36.4 Å². The Morgan fingerprint density at radius 3 is 2.46 bits per heavy atom. The second kappa shape index (κ2) is 8.24. The van der Waals surface area contributed by atoms with E-state index in [0.29, 0.717) is 24.7 Å². The molecule has 0 aromatic heterocycles. The van der Waals surface area contributed by atoms with Gasteiger partial charge < -0.3 is 19.3 Å². The molecule has 0 saturated heterocycles. The van der Waals surface area contributed by atoms with Crippen LogP contribution in [0.4, 0.5) is 4.79 Å². The molecule has 0 saturated carbocycles. The third kappa shape index (κ3) is 4.66. The summed E-state index contributed by atoms with van der Waals surface area (Å²) in [4.78, 5) is 24.6. The van der Waals surface area contributed by atoms with Gasteiger partial charge in [0.2, 0.25) is 0 Å². The van der Waals surface area contributed by atoms with E-state index in [-0.39, 0.29) is 13.2 Å². The highest BCUT2D eigenvalue weighted by molar-refractivity contribution is 5.76. The van der Waals surface area contributed by atoms with Crippen molar-refractivity contribution in [3.63, 3.8) is 0 Å². The summed E-state index contributed by atoms with van der Waals surface area (Å²) in [5.41, 5.74) is 1.56. The number of hydrogen-bond acceptors (Lipinski definition) is 5. The molecule has 2 aromatic carbocycles. The van der Waals surface area contributed by atoms with Crippen molar-refractivity contribution in [1.29, 1.82) is 0 Å². The Morgan fingerprint density at radius 1 is 1.00 bits per heavy atom. The van der Waals surface area contributed by atoms with Crippen LogP contribution in [0.25, 0.3) is 0 Å². The summed E-state index contributed by atoms with van der Waals surface area (Å²) in [6, 6.07) is 14.5. The summed E-state index contributed by atoms with van der Waals surface area (Å²) in [5, 5.41) is 9.09. The molecule has 0 bridgehead atoms. The minimum absolute atomic E-state index is 0.0803. The summed E-state index contributed by atoms with van der Waals surface area (Å²) in [7, 11) is 0. The van der Waals surface area contributed by atoms with Gasteiger partial charge >= 0.3 is 12.1 Å². The van der Waals surface area contributed by atoms with Crippen molar-refractivity contribution in [1.82, 2.24) is 4.90 Å². The molecule has 26 heavy (non-hydrogen) atoms. The van der Waals surface area contributed by atoms with Crippen molar-refractivity contribution in [2.75, 3.05) is 19.8 Å². The van der Waals surface area contributed by atoms with Gasteiger partial charge in [-0.3, -0.25) is 9.69 Å². The molecule has 1 amide bonds. The lowest BCUT2D eigenvalue weighted by Crippen LogP contribution is -2.35. The molecule has 3 rings (SSSR count). The van der Waals surface area contributed by atoms with E-state index in [1.807, 2.05) is 30.3 Å². The van der Waals surface area contributed by atoms with Gasteiger partial charge in [0.15, 0.2) is 11.5 Å². The van der Waals surface area contributed by atoms with Gasteiger partial charge in [-0.2, -0.15) is 0 Å². The quantitative estimate of drug-likeness (QED) is 0.856. The van der Waals surface area contributed by atoms with Crippen molar-refractivity contribution in [3.05, 3.63) is 59.7 Å². The smallest absolute Gasteiger partial charge is 0.410 e. The fourth-order valence-electron chi connectivity index (χ4n) is 2.57. The Balaban J connectivity index is 1.67. The molecule has 1 aliphatic rings. The lowest BCUT2D eigenvalue weighted by atomic mass is 10.2. The molecular formula is C19H19NO6. The van der Waals surface area contributed by atoms with Gasteiger partial charge in [0.05, 0.1) is 0 Å². The predicted molar refractivity (Wildman–Crippen MR) is 92.1 cm³/mol. The minimum Gasteiger partial charge on any atom is -0.486 e. The number of benzene rings is 2. The van der Waals surface area contributed by atoms with Gasteiger partial charge in [0.25, 0.3) is 0 Å². The normalized spacial score (nSPS) is 12.3. The molecule has 1 N–H and O–H groups in total. The molecule has 0 unspecified atom stereocenters. The second-order valence-electron chi connectivity index (χ2n) is 5.77. The molecule has 0 aliphatic carbocycles. The van der Waals surface area contributed by atoms with Crippen LogP contribution in [-0.4, -0.2) is 41.8 Å². The van der Waals surface area contributed by atoms with Gasteiger partial charge in [-0.05, 0) is 23.3 Å². The first-order valence-electron chi connectivity index (χ1n) is 8.18. The second-order valence-corrected chi connectivity index (χ2v) is 5.77. The Morgan fingerprint density at radius 2 is 1.73 bits per heavy atom. The van der Waals surface area contributed by atoms with Gasteiger partial charge in [-0.15, -0.1) is 0 Å². The maximum absolute atomic E-state index is 12.3. The number of amides is 1. The largest absolute Gasteiger partial charge is 0.486 e. The summed E-state index contributed by atoms with van der Waals surface area (Å²) in [5.74, 6) is 0.109. The van der Waals surface area contributed by atoms with Crippen LogP contribution in [0.2, 0.25) is 0 Å². The number of fused-ring (bicyclic) bond motifs is 1. The molecule has 0 fully saturated rings. The van der Waals surface area contributed by atoms with E-state index in [2.05, 4.69) is 0 Å². The number of rotatable bonds is 6. The highest BCUT2D eigenvalue weighted by Gasteiger charge is 2.20. The first kappa shape index (κ1) is 17.6. The molecule has 0 radical (unpaired) electrons. The zero-order valence-electron chi connectivity index (χ0n) is 14.1. The van der Waals surface area contributed by atoms with Crippen molar-refractivity contribution in [3.8, 4) is 11.5 Å². The van der Waals surface area contributed by atoms with E-state index in [9.17, 15) is 9.59 Å². The molecule has 136 valence electrons. The number of carboxylic acid groups (broad SMARTS) is 1. The first-order valence-corrected chi connectivity index (χ1v) is 8.18. The number of nitrogens with zero attached hydrogens (tertiary/aromatic N) is 1. The molecule has 2 aromatic rings. The van der Waals surface area contributed by atoms with E-state index in [0.717, 1.165) is 16.0 Å². The Labute approximate surface area is 150 Å². The summed E-state index contributed by atoms with van der Waals surface area (Å²) in [6.45, 7) is 0.660. The number of carbonyl (C=O) groups excluding carboxylic acids is 1. The maximum atomic E-state index is 12.3. The van der Waals surface area contributed by atoms with Gasteiger partial charge in [0, 0.05) is 6.54 Å². The predicted octanol–water partition coefficient (Wildman–Crippen LogP) is 2.68. The van der Waals surface area contributed by atoms with Crippen LogP contribution in [0, 0.1) is 0 Å². The van der Waals surface area contributed by atoms with E-state index < -0.39 is 18.6 Å². The Kier molecular flexibility index (Phi) is 5.58. The summed E-state index contributed by atoms with van der Waals surface area (Å²) >= 11 is 0. The maximum Gasteiger partial charge on any atom is 0.410 e. The topological polar surface area (TPSA) is 85.3 Å². The molecule has 0 spiro atoms. The van der Waals surface area contributed by atoms with Crippen molar-refractivity contribution in [2.24, 2.45) is 0 Å². The number of hydrogen-bond donors (Lipinski definition) is 1. The van der Waals surface area contributed by atoms with Crippen LogP contribution >= 0.6 is 0 Å². The fourth-order valence-corrected chi connectivity index (χ4v) is 2.57. The Bertz CT molecular complexity index is 777. The fraction of sp³-hybridized carbons (Fsp3) is 0.263. The van der Waals surface area contributed by atoms with Crippen molar-refractivity contribution >= 4 is 12.1 Å². The number of carbonyl (C=O) groups is 2. The average Bonchev–Trinajstić information content (AvgIpc) is 2.66. The number of carboxylic acids is 1. The van der Waals surface area contributed by atoms with Crippen LogP contribution in [0.15, 0.2) is 48.5 Å². The van der Waals surface area contributed by atoms with E-state index in [4.69, 9.17) is 19.3 Å². The zero-order valence-corrected chi connectivity index (χ0v) is 14.1. The molecule has 1 aliphatic heterocycles. The van der Waals surface area contributed by atoms with Crippen molar-refractivity contribution in [2.45, 2.75) is 13.2 Å². The van der Waals surface area contributed by atoms with Gasteiger partial charge in [0.1, 0.15) is 26.4 Å². The standard InChI is InChI=1S/C19H19NO6/c21-18(22)12-20(19(23)26-13-14-4-2-1-3-5-14)11-15-6-7-16-17(10-15)25-9-8-24-16/h1-7,10H,8-9,11-13H2,(H,21,22). The molecular weight excluding hydrogens is 338 g/mol. The van der Waals surface area contributed by atoms with Gasteiger partial charge in [-0.25, -0.2) is 4.79 Å². The van der Waals surface area contributed by atoms with Crippen LogP contribution < -0.4 is 9.47 Å². The molecule has 0 atom stereocenters. The Hall–Kier alpha value is -3.22. The molecule has 1 heterocycles. The monoisotopic (exact) mass is 357 g/mol. The lowest BCUT2D eigenvalue weighted by Gasteiger charge is -2.22. The van der Waals surface area contributed by atoms with Crippen molar-refractivity contribution < 1.29 is 28.9 Å². The highest BCUT2D eigenvalue weighted by Crippen LogP contribution is 2.31. The number of ether oxygens (including phenoxy) is 3. The lowest BCUT2D eigenvalue weighted by molar-refractivity contribution is -0.138. The average molecular weight is 357 g/mol. The molecule has 7 nitrogen and oxygen atoms in total. The van der Waals surface area contributed by atoms with Crippen LogP contribution in [0.3, 0.4) is 0 Å². The van der Waals surface area contributed by atoms with Crippen LogP contribution in [0.5, 0.6) is 11.5 Å². The molecule has 7 heteroatoms. The minimum atomic E-state index is -1.11. The SMILES string of the molecule is O=C(O)CN(Cc1ccc2c(c1)OCCO2)C(=O)OCc1ccccc1. The highest BCUT2D eigenvalue weighted by atomic mass is 16.6. The zero-order chi connectivity index (χ0) is 18.4. The van der Waals surface area contributed by atoms with E-state index in [1.165, 1.54) is 0 Å².